The molecular formula is C39H63F2N5O11. The summed E-state index contributed by atoms with van der Waals surface area (Å²) in [5.41, 5.74) is 9.50. The van der Waals surface area contributed by atoms with Crippen molar-refractivity contribution in [3.8, 4) is 0 Å². The molecule has 9 N–H and O–H groups in total. The lowest BCUT2D eigenvalue weighted by molar-refractivity contribution is -0.375. The molecular weight excluding hydrogens is 752 g/mol. The van der Waals surface area contributed by atoms with Crippen LogP contribution in [0, 0.1) is 11.3 Å². The Labute approximate surface area is 333 Å². The number of allylic oxidation sites excluding steroid dienone is 3. The molecule has 0 aromatic rings. The number of nitrogens with two attached hydrogens (primary N) is 2. The molecule has 5 unspecified atom stereocenters. The van der Waals surface area contributed by atoms with E-state index in [0.717, 1.165) is 12.8 Å². The van der Waals surface area contributed by atoms with E-state index in [2.05, 4.69) is 22.2 Å². The summed E-state index contributed by atoms with van der Waals surface area (Å²) in [6.07, 6.45) is 0.819. The average molecular weight is 816 g/mol. The number of nitrogens with one attached hydrogen (secondary N) is 2. The maximum atomic E-state index is 16.4. The van der Waals surface area contributed by atoms with Crippen LogP contribution in [0.4, 0.5) is 8.78 Å². The molecule has 3 saturated heterocycles. The van der Waals surface area contributed by atoms with E-state index >= 15 is 8.78 Å². The highest BCUT2D eigenvalue weighted by Crippen LogP contribution is 2.54. The van der Waals surface area contributed by atoms with Crippen LogP contribution >= 0.6 is 0 Å². The summed E-state index contributed by atoms with van der Waals surface area (Å²) < 4.78 is 61.4. The molecule has 11 atom stereocenters. The number of amides is 2. The Morgan fingerprint density at radius 2 is 1.82 bits per heavy atom. The van der Waals surface area contributed by atoms with Gasteiger partial charge in [0.15, 0.2) is 24.4 Å². The molecule has 324 valence electrons. The fourth-order valence-corrected chi connectivity index (χ4v) is 7.33. The Kier molecular flexibility index (Phi) is 18.0. The number of carboxylic acids is 1. The van der Waals surface area contributed by atoms with Gasteiger partial charge in [-0.25, -0.2) is 13.6 Å². The molecule has 0 radical (unpaired) electrons. The van der Waals surface area contributed by atoms with Gasteiger partial charge in [0, 0.05) is 38.5 Å². The first-order chi connectivity index (χ1) is 26.8. The number of carbonyl (C=O) groups excluding carboxylic acids is 2. The molecule has 3 aliphatic heterocycles. The highest BCUT2D eigenvalue weighted by atomic mass is 19.3. The number of fused-ring (bicyclic) bond motifs is 1. The van der Waals surface area contributed by atoms with Crippen molar-refractivity contribution in [2.45, 2.75) is 153 Å². The van der Waals surface area contributed by atoms with Crippen molar-refractivity contribution in [2.24, 2.45) is 27.8 Å². The lowest BCUT2D eigenvalue weighted by Crippen LogP contribution is -2.72. The van der Waals surface area contributed by atoms with Gasteiger partial charge in [-0.1, -0.05) is 64.0 Å². The summed E-state index contributed by atoms with van der Waals surface area (Å²) in [5, 5.41) is 36.4. The van der Waals surface area contributed by atoms with E-state index in [1.54, 1.807) is 19.9 Å². The highest BCUT2D eigenvalue weighted by Gasteiger charge is 2.68. The van der Waals surface area contributed by atoms with Gasteiger partial charge >= 0.3 is 5.97 Å². The Morgan fingerprint density at radius 3 is 2.46 bits per heavy atom. The van der Waals surface area contributed by atoms with Crippen molar-refractivity contribution in [3.63, 3.8) is 0 Å². The van der Waals surface area contributed by atoms with Gasteiger partial charge in [0.25, 0.3) is 11.8 Å². The molecule has 0 aliphatic carbocycles. The third-order valence-corrected chi connectivity index (χ3v) is 11.4. The topological polar surface area (TPSA) is 247 Å². The van der Waals surface area contributed by atoms with E-state index in [1.165, 1.54) is 26.2 Å². The minimum Gasteiger partial charge on any atom is -0.480 e. The van der Waals surface area contributed by atoms with Crippen molar-refractivity contribution in [2.75, 3.05) is 20.4 Å². The zero-order valence-electron chi connectivity index (χ0n) is 33.7. The Hall–Kier alpha value is -3.52. The zero-order chi connectivity index (χ0) is 42.6. The third-order valence-electron chi connectivity index (χ3n) is 11.4. The number of hydrogen-bond donors (Lipinski definition) is 7. The number of halogens is 2. The molecule has 0 aromatic carbocycles. The third kappa shape index (κ3) is 12.3. The summed E-state index contributed by atoms with van der Waals surface area (Å²) in [6.45, 7) is 10.4. The fraction of sp³-hybridized carbons (Fsp3) is 0.744. The molecule has 0 bridgehead atoms. The van der Waals surface area contributed by atoms with E-state index in [1.807, 2.05) is 13.0 Å². The van der Waals surface area contributed by atoms with Crippen LogP contribution in [0.5, 0.6) is 0 Å². The van der Waals surface area contributed by atoms with Gasteiger partial charge in [0.05, 0.1) is 23.7 Å². The summed E-state index contributed by atoms with van der Waals surface area (Å²) in [6, 6.07) is -1.08. The molecule has 0 spiro atoms. The predicted molar refractivity (Wildman–Crippen MR) is 205 cm³/mol. The predicted octanol–water partition coefficient (Wildman–Crippen LogP) is 2.76. The number of ether oxygens (including phenoxy) is 5. The summed E-state index contributed by atoms with van der Waals surface area (Å²) in [7, 11) is 1.30. The van der Waals surface area contributed by atoms with E-state index in [4.69, 9.17) is 35.2 Å². The second-order valence-corrected chi connectivity index (χ2v) is 15.3. The van der Waals surface area contributed by atoms with Gasteiger partial charge in [-0.05, 0) is 45.4 Å². The standard InChI is InChI=1S/C39H63F2N5O11/c1-7-37(5)28(20-26(47)16-13-11-9-8-10-12-14-18-29(48)45-27(35(51)52)17-15-19-44-36(42)43)56-30-32(39(37,40)41)54-22-55-34(30)46-33(50)31(49)38(53-6)21-23(2)24(3)25(4)57-38/h10,12,14,18,24-28,30-32,34,47,49H,2,7-9,11,13,15-17,19-22H2,1,3-6H3,(H,45,48)(H,46,50)(H,51,52)(H4,42,43,44)/b12-10+,18-14+/t24-,25-,26?,27?,28?,30+,31?,32+,34?,37-,38-/m1/s1. The second-order valence-electron chi connectivity index (χ2n) is 15.3. The van der Waals surface area contributed by atoms with Crippen LogP contribution in [0.2, 0.25) is 0 Å². The number of guanidine groups is 1. The lowest BCUT2D eigenvalue weighted by atomic mass is 9.68. The van der Waals surface area contributed by atoms with E-state index in [0.29, 0.717) is 31.3 Å². The van der Waals surface area contributed by atoms with Gasteiger partial charge in [0.1, 0.15) is 18.9 Å². The maximum Gasteiger partial charge on any atom is 0.326 e. The maximum absolute atomic E-state index is 16.4. The number of aliphatic carboxylic acids is 1. The molecule has 0 aromatic heterocycles. The Bertz CT molecular complexity index is 1460. The Morgan fingerprint density at radius 1 is 1.11 bits per heavy atom. The number of unbranched alkanes of at least 4 members (excludes halogenated alkanes) is 3. The number of carbonyl (C=O) groups is 3. The van der Waals surface area contributed by atoms with Crippen LogP contribution in [-0.2, 0) is 38.1 Å². The number of rotatable bonds is 21. The normalized spacial score (nSPS) is 31.6. The van der Waals surface area contributed by atoms with Gasteiger partial charge in [-0.15, -0.1) is 0 Å². The van der Waals surface area contributed by atoms with Crippen LogP contribution in [0.25, 0.3) is 0 Å². The van der Waals surface area contributed by atoms with Crippen molar-refractivity contribution in [1.82, 2.24) is 10.6 Å². The summed E-state index contributed by atoms with van der Waals surface area (Å²) in [4.78, 5) is 40.8. The second kappa shape index (κ2) is 21.5. The molecule has 16 nitrogen and oxygen atoms in total. The van der Waals surface area contributed by atoms with E-state index in [9.17, 15) is 29.7 Å². The van der Waals surface area contributed by atoms with Crippen molar-refractivity contribution >= 4 is 23.7 Å². The molecule has 3 aliphatic rings. The minimum absolute atomic E-state index is 0.0119. The first kappa shape index (κ1) is 47.9. The minimum atomic E-state index is -3.45. The highest BCUT2D eigenvalue weighted by molar-refractivity contribution is 5.91. The molecule has 18 heteroatoms. The lowest BCUT2D eigenvalue weighted by Gasteiger charge is -2.55. The number of hydrogen-bond acceptors (Lipinski definition) is 11. The van der Waals surface area contributed by atoms with Crippen molar-refractivity contribution < 1.29 is 62.2 Å². The molecule has 57 heavy (non-hydrogen) atoms. The number of aliphatic imine (C=N–C) groups is 1. The van der Waals surface area contributed by atoms with Crippen LogP contribution < -0.4 is 22.1 Å². The number of methoxy groups -OCH3 is 1. The molecule has 0 saturated carbocycles. The van der Waals surface area contributed by atoms with Gasteiger partial charge in [-0.3, -0.25) is 14.6 Å². The Balaban J connectivity index is 1.51. The number of nitrogens with zero attached hydrogens (tertiary/aromatic N) is 1. The SMILES string of the molecule is C=C1C[C@](OC)(C(O)C(=O)NC2OCO[C@H]3[C@@H]2OC(CC(O)CCCCC/C=C/C=C/C(=O)NC(CCCN=C(N)N)C(=O)O)[C@@](C)(CC)C3(F)F)O[C@H](C)[C@@H]1C. The number of alkyl halides is 2. The molecule has 3 heterocycles. The summed E-state index contributed by atoms with van der Waals surface area (Å²) in [5.74, 6) is -8.03. The quantitative estimate of drug-likeness (QED) is 0.0220. The van der Waals surface area contributed by atoms with Crippen LogP contribution in [0.3, 0.4) is 0 Å². The van der Waals surface area contributed by atoms with Crippen molar-refractivity contribution in [1.29, 1.82) is 0 Å². The monoisotopic (exact) mass is 815 g/mol. The summed E-state index contributed by atoms with van der Waals surface area (Å²) >= 11 is 0. The fourth-order valence-electron chi connectivity index (χ4n) is 7.33. The van der Waals surface area contributed by atoms with Crippen LogP contribution in [0.1, 0.15) is 91.9 Å². The number of aliphatic hydroxyl groups is 2. The molecule has 2 amide bonds. The zero-order valence-corrected chi connectivity index (χ0v) is 33.7. The van der Waals surface area contributed by atoms with Crippen LogP contribution in [0.15, 0.2) is 41.4 Å². The number of carboxylic acid groups (broad SMARTS) is 1. The van der Waals surface area contributed by atoms with Gasteiger partial charge in [-0.2, -0.15) is 0 Å². The van der Waals surface area contributed by atoms with E-state index < -0.39 is 90.6 Å². The van der Waals surface area contributed by atoms with Crippen molar-refractivity contribution in [3.05, 3.63) is 36.5 Å². The molecule has 3 fully saturated rings. The largest absolute Gasteiger partial charge is 0.480 e. The van der Waals surface area contributed by atoms with Crippen LogP contribution in [-0.4, -0.2) is 120 Å². The number of aliphatic hydroxyl groups excluding tert-OH is 2. The first-order valence-electron chi connectivity index (χ1n) is 19.6. The smallest absolute Gasteiger partial charge is 0.326 e. The first-order valence-corrected chi connectivity index (χ1v) is 19.6. The van der Waals surface area contributed by atoms with Gasteiger partial charge < -0.3 is 61.1 Å². The van der Waals surface area contributed by atoms with Gasteiger partial charge in [0.2, 0.25) is 11.7 Å². The average Bonchev–Trinajstić information content (AvgIpc) is 3.15. The molecule has 3 rings (SSSR count). The van der Waals surface area contributed by atoms with E-state index in [-0.39, 0.29) is 44.1 Å².